The number of aliphatic hydroxyl groups excluding tert-OH is 1. The summed E-state index contributed by atoms with van der Waals surface area (Å²) in [6, 6.07) is 0. The highest BCUT2D eigenvalue weighted by Crippen LogP contribution is 2.35. The molecular weight excluding hydrogens is 384 g/mol. The molecule has 0 bridgehead atoms. The minimum absolute atomic E-state index is 0.130. The molecule has 6 heteroatoms. The van der Waals surface area contributed by atoms with Crippen molar-refractivity contribution in [2.24, 2.45) is 5.92 Å². The molecule has 1 N–H and O–H groups in total. The van der Waals surface area contributed by atoms with Gasteiger partial charge in [0.15, 0.2) is 0 Å². The van der Waals surface area contributed by atoms with E-state index in [4.69, 9.17) is 14.2 Å². The van der Waals surface area contributed by atoms with Gasteiger partial charge in [0, 0.05) is 19.1 Å². The second-order valence-corrected chi connectivity index (χ2v) is 13.8. The summed E-state index contributed by atoms with van der Waals surface area (Å²) < 4.78 is 15.7. The standard InChI is InChI=1S/C23H40O5Si/c1-10-27-22(25)14-12-18(2)11-13-20(24)19(3)21(28-17-26-7)15-16-29(8,9)23(4,5)6/h11-12,14,19-21,24H,10,13,17H2,1-9H3/b14-12+,18-11+/t19-,20+,21-/m1/s1. The lowest BCUT2D eigenvalue weighted by Gasteiger charge is -2.32. The van der Waals surface area contributed by atoms with Crippen LogP contribution in [0.5, 0.6) is 0 Å². The lowest BCUT2D eigenvalue weighted by molar-refractivity contribution is -0.137. The number of carbonyl (C=O) groups is 1. The zero-order chi connectivity index (χ0) is 22.7. The van der Waals surface area contributed by atoms with Gasteiger partial charge in [0.1, 0.15) is 21.0 Å². The Morgan fingerprint density at radius 2 is 1.86 bits per heavy atom. The first-order valence-corrected chi connectivity index (χ1v) is 13.2. The van der Waals surface area contributed by atoms with Crippen molar-refractivity contribution >= 4 is 14.0 Å². The molecule has 0 aliphatic carbocycles. The van der Waals surface area contributed by atoms with Crippen LogP contribution in [0.3, 0.4) is 0 Å². The van der Waals surface area contributed by atoms with Crippen molar-refractivity contribution in [1.82, 2.24) is 0 Å². The van der Waals surface area contributed by atoms with Gasteiger partial charge < -0.3 is 19.3 Å². The number of aliphatic hydroxyl groups is 1. The molecule has 0 aromatic rings. The molecular formula is C23H40O5Si. The average Bonchev–Trinajstić information content (AvgIpc) is 2.63. The molecule has 0 aromatic heterocycles. The van der Waals surface area contributed by atoms with Gasteiger partial charge in [0.25, 0.3) is 0 Å². The lowest BCUT2D eigenvalue weighted by Crippen LogP contribution is -2.37. The molecule has 0 aliphatic rings. The molecule has 0 aromatic carbocycles. The SMILES string of the molecule is CCOC(=O)/C=C/C(C)=C/C[C@H](O)[C@@H](C)[C@@H](C#C[Si](C)(C)C(C)(C)C)OCOC. The lowest BCUT2D eigenvalue weighted by atomic mass is 9.95. The number of allylic oxidation sites excluding steroid dienone is 2. The molecule has 0 radical (unpaired) electrons. The van der Waals surface area contributed by atoms with Crippen LogP contribution in [0.25, 0.3) is 0 Å². The third-order valence-electron chi connectivity index (χ3n) is 5.30. The van der Waals surface area contributed by atoms with Gasteiger partial charge in [-0.3, -0.25) is 0 Å². The summed E-state index contributed by atoms with van der Waals surface area (Å²) in [5, 5.41) is 10.8. The molecule has 0 fully saturated rings. The Hall–Kier alpha value is -1.39. The third-order valence-corrected chi connectivity index (χ3v) is 9.82. The van der Waals surface area contributed by atoms with Crippen LogP contribution >= 0.6 is 0 Å². The van der Waals surface area contributed by atoms with E-state index in [1.807, 2.05) is 19.9 Å². The normalized spacial score (nSPS) is 16.1. The van der Waals surface area contributed by atoms with E-state index in [1.54, 1.807) is 20.1 Å². The Morgan fingerprint density at radius 3 is 2.38 bits per heavy atom. The largest absolute Gasteiger partial charge is 0.463 e. The van der Waals surface area contributed by atoms with Gasteiger partial charge in [-0.15, -0.1) is 5.54 Å². The fraction of sp³-hybridized carbons (Fsp3) is 0.696. The highest BCUT2D eigenvalue weighted by Gasteiger charge is 2.34. The number of ether oxygens (including phenoxy) is 3. The van der Waals surface area contributed by atoms with E-state index >= 15 is 0 Å². The van der Waals surface area contributed by atoms with Crippen LogP contribution in [0.2, 0.25) is 18.1 Å². The number of hydrogen-bond donors (Lipinski definition) is 1. The summed E-state index contributed by atoms with van der Waals surface area (Å²) >= 11 is 0. The summed E-state index contributed by atoms with van der Waals surface area (Å²) in [6.45, 7) is 17.2. The molecule has 5 nitrogen and oxygen atoms in total. The van der Waals surface area contributed by atoms with Crippen LogP contribution < -0.4 is 0 Å². The van der Waals surface area contributed by atoms with E-state index in [0.717, 1.165) is 5.57 Å². The first-order chi connectivity index (χ1) is 13.4. The van der Waals surface area contributed by atoms with Crippen LogP contribution in [-0.2, 0) is 19.0 Å². The molecule has 0 spiro atoms. The predicted molar refractivity (Wildman–Crippen MR) is 121 cm³/mol. The molecule has 0 aliphatic heterocycles. The fourth-order valence-electron chi connectivity index (χ4n) is 2.09. The highest BCUT2D eigenvalue weighted by atomic mass is 28.3. The van der Waals surface area contributed by atoms with Gasteiger partial charge in [0.05, 0.1) is 12.7 Å². The summed E-state index contributed by atoms with van der Waals surface area (Å²) in [7, 11) is -0.210. The Bertz CT molecular complexity index is 619. The summed E-state index contributed by atoms with van der Waals surface area (Å²) in [6.07, 6.45) is 4.37. The zero-order valence-electron chi connectivity index (χ0n) is 19.7. The second-order valence-electron chi connectivity index (χ2n) is 8.83. The van der Waals surface area contributed by atoms with E-state index in [-0.39, 0.29) is 23.7 Å². The van der Waals surface area contributed by atoms with Crippen molar-refractivity contribution in [3.05, 3.63) is 23.8 Å². The Labute approximate surface area is 178 Å². The van der Waals surface area contributed by atoms with Crippen molar-refractivity contribution < 1.29 is 24.1 Å². The maximum Gasteiger partial charge on any atom is 0.330 e. The summed E-state index contributed by atoms with van der Waals surface area (Å²) in [4.78, 5) is 11.4. The van der Waals surface area contributed by atoms with Crippen LogP contribution in [0.4, 0.5) is 0 Å². The number of carbonyl (C=O) groups excluding carboxylic acids is 1. The minimum atomic E-state index is -1.78. The Balaban J connectivity index is 5.19. The smallest absolute Gasteiger partial charge is 0.330 e. The number of hydrogen-bond acceptors (Lipinski definition) is 5. The molecule has 0 amide bonds. The number of rotatable bonds is 10. The highest BCUT2D eigenvalue weighted by molar-refractivity contribution is 6.87. The van der Waals surface area contributed by atoms with E-state index in [0.29, 0.717) is 13.0 Å². The van der Waals surface area contributed by atoms with Gasteiger partial charge in [-0.25, -0.2) is 4.79 Å². The predicted octanol–water partition coefficient (Wildman–Crippen LogP) is 4.48. The molecule has 0 rings (SSSR count). The second kappa shape index (κ2) is 13.0. The van der Waals surface area contributed by atoms with Gasteiger partial charge >= 0.3 is 5.97 Å². The average molecular weight is 425 g/mol. The molecule has 166 valence electrons. The molecule has 29 heavy (non-hydrogen) atoms. The van der Waals surface area contributed by atoms with Crippen molar-refractivity contribution in [2.75, 3.05) is 20.5 Å². The van der Waals surface area contributed by atoms with Crippen molar-refractivity contribution in [3.8, 4) is 11.5 Å². The van der Waals surface area contributed by atoms with E-state index in [2.05, 4.69) is 45.3 Å². The van der Waals surface area contributed by atoms with Gasteiger partial charge in [-0.1, -0.05) is 64.4 Å². The number of esters is 1. The minimum Gasteiger partial charge on any atom is -0.463 e. The van der Waals surface area contributed by atoms with E-state index < -0.39 is 20.3 Å². The Morgan fingerprint density at radius 1 is 1.24 bits per heavy atom. The monoisotopic (exact) mass is 424 g/mol. The van der Waals surface area contributed by atoms with E-state index in [9.17, 15) is 9.90 Å². The van der Waals surface area contributed by atoms with Gasteiger partial charge in [0.2, 0.25) is 0 Å². The first-order valence-electron chi connectivity index (χ1n) is 10.2. The molecule has 0 saturated carbocycles. The Kier molecular flexibility index (Phi) is 12.4. The molecule has 3 atom stereocenters. The summed E-state index contributed by atoms with van der Waals surface area (Å²) in [5.74, 6) is 2.71. The van der Waals surface area contributed by atoms with Crippen LogP contribution in [0.15, 0.2) is 23.8 Å². The van der Waals surface area contributed by atoms with Crippen molar-refractivity contribution in [2.45, 2.75) is 78.3 Å². The van der Waals surface area contributed by atoms with Crippen molar-refractivity contribution in [3.63, 3.8) is 0 Å². The summed E-state index contributed by atoms with van der Waals surface area (Å²) in [5.41, 5.74) is 4.35. The van der Waals surface area contributed by atoms with Gasteiger partial charge in [-0.2, -0.15) is 0 Å². The molecule has 0 saturated heterocycles. The van der Waals surface area contributed by atoms with E-state index in [1.165, 1.54) is 6.08 Å². The van der Waals surface area contributed by atoms with Crippen LogP contribution in [-0.4, -0.2) is 51.9 Å². The first kappa shape index (κ1) is 27.6. The van der Waals surface area contributed by atoms with Crippen LogP contribution in [0.1, 0.15) is 48.0 Å². The van der Waals surface area contributed by atoms with Crippen LogP contribution in [0, 0.1) is 17.4 Å². The van der Waals surface area contributed by atoms with Gasteiger partial charge in [-0.05, 0) is 25.3 Å². The quantitative estimate of drug-likeness (QED) is 0.140. The molecule has 0 unspecified atom stereocenters. The zero-order valence-corrected chi connectivity index (χ0v) is 20.7. The topological polar surface area (TPSA) is 65.0 Å². The maximum atomic E-state index is 11.4. The molecule has 0 heterocycles. The number of methoxy groups -OCH3 is 1. The third kappa shape index (κ3) is 10.8. The fourth-order valence-corrected chi connectivity index (χ4v) is 2.96. The maximum absolute atomic E-state index is 11.4. The van der Waals surface area contributed by atoms with Crippen molar-refractivity contribution in [1.29, 1.82) is 0 Å².